The molecule has 7 heteroatoms. The maximum absolute atomic E-state index is 13.1. The SMILES string of the molecule is CC(CC(=O)N1CCCC(C(=O)Nc2ccc(Cl)cn2)C1)c1ccc(F)cc1. The first-order valence-electron chi connectivity index (χ1n) is 9.38. The Morgan fingerprint density at radius 3 is 2.71 bits per heavy atom. The van der Waals surface area contributed by atoms with Crippen molar-refractivity contribution in [3.63, 3.8) is 0 Å². The fourth-order valence-electron chi connectivity index (χ4n) is 3.40. The normalized spacial score (nSPS) is 17.8. The number of amides is 2. The second kappa shape index (κ2) is 9.15. The molecule has 28 heavy (non-hydrogen) atoms. The number of nitrogens with zero attached hydrogens (tertiary/aromatic N) is 2. The predicted molar refractivity (Wildman–Crippen MR) is 107 cm³/mol. The van der Waals surface area contributed by atoms with Crippen molar-refractivity contribution in [2.45, 2.75) is 32.1 Å². The zero-order chi connectivity index (χ0) is 20.1. The fourth-order valence-corrected chi connectivity index (χ4v) is 3.51. The van der Waals surface area contributed by atoms with Crippen molar-refractivity contribution in [1.29, 1.82) is 0 Å². The van der Waals surface area contributed by atoms with Crippen molar-refractivity contribution in [1.82, 2.24) is 9.88 Å². The lowest BCUT2D eigenvalue weighted by atomic mass is 9.94. The third-order valence-corrected chi connectivity index (χ3v) is 5.27. The van der Waals surface area contributed by atoms with E-state index in [0.717, 1.165) is 18.4 Å². The van der Waals surface area contributed by atoms with E-state index in [4.69, 9.17) is 11.6 Å². The summed E-state index contributed by atoms with van der Waals surface area (Å²) in [7, 11) is 0. The van der Waals surface area contributed by atoms with E-state index in [1.807, 2.05) is 6.92 Å². The molecule has 1 N–H and O–H groups in total. The van der Waals surface area contributed by atoms with Gasteiger partial charge in [-0.1, -0.05) is 30.7 Å². The predicted octanol–water partition coefficient (Wildman–Crippen LogP) is 4.25. The summed E-state index contributed by atoms with van der Waals surface area (Å²) >= 11 is 5.81. The van der Waals surface area contributed by atoms with Crippen LogP contribution in [-0.2, 0) is 9.59 Å². The summed E-state index contributed by atoms with van der Waals surface area (Å²) in [6.07, 6.45) is 3.32. The van der Waals surface area contributed by atoms with Crippen molar-refractivity contribution >= 4 is 29.2 Å². The highest BCUT2D eigenvalue weighted by molar-refractivity contribution is 6.30. The van der Waals surface area contributed by atoms with Gasteiger partial charge in [-0.3, -0.25) is 9.59 Å². The first-order valence-corrected chi connectivity index (χ1v) is 9.76. The molecular formula is C21H23ClFN3O2. The fraction of sp³-hybridized carbons (Fsp3) is 0.381. The van der Waals surface area contributed by atoms with Crippen molar-refractivity contribution in [2.24, 2.45) is 5.92 Å². The Kier molecular flexibility index (Phi) is 6.62. The summed E-state index contributed by atoms with van der Waals surface area (Å²) in [6.45, 7) is 3.00. The summed E-state index contributed by atoms with van der Waals surface area (Å²) in [4.78, 5) is 31.1. The van der Waals surface area contributed by atoms with Gasteiger partial charge in [0.1, 0.15) is 11.6 Å². The molecule has 1 aliphatic heterocycles. The van der Waals surface area contributed by atoms with Crippen molar-refractivity contribution in [2.75, 3.05) is 18.4 Å². The van der Waals surface area contributed by atoms with Crippen LogP contribution in [0.1, 0.15) is 37.7 Å². The van der Waals surface area contributed by atoms with Crippen molar-refractivity contribution in [3.8, 4) is 0 Å². The minimum absolute atomic E-state index is 0.0129. The standard InChI is InChI=1S/C21H23ClFN3O2/c1-14(15-4-7-18(23)8-5-15)11-20(27)26-10-2-3-16(13-26)21(28)25-19-9-6-17(22)12-24-19/h4-9,12,14,16H,2-3,10-11,13H2,1H3,(H,24,25,28). The van der Waals surface area contributed by atoms with Gasteiger partial charge in [0.05, 0.1) is 10.9 Å². The van der Waals surface area contributed by atoms with Crippen LogP contribution in [0.2, 0.25) is 5.02 Å². The van der Waals surface area contributed by atoms with Gasteiger partial charge in [0, 0.05) is 25.7 Å². The number of anilines is 1. The Morgan fingerprint density at radius 2 is 2.04 bits per heavy atom. The van der Waals surface area contributed by atoms with E-state index in [9.17, 15) is 14.0 Å². The highest BCUT2D eigenvalue weighted by Gasteiger charge is 2.29. The molecular weight excluding hydrogens is 381 g/mol. The largest absolute Gasteiger partial charge is 0.342 e. The van der Waals surface area contributed by atoms with Gasteiger partial charge in [0.2, 0.25) is 11.8 Å². The molecule has 2 heterocycles. The average molecular weight is 404 g/mol. The van der Waals surface area contributed by atoms with Crippen molar-refractivity contribution < 1.29 is 14.0 Å². The Balaban J connectivity index is 1.55. The van der Waals surface area contributed by atoms with Crippen LogP contribution in [0, 0.1) is 11.7 Å². The number of hydrogen-bond donors (Lipinski definition) is 1. The molecule has 148 valence electrons. The lowest BCUT2D eigenvalue weighted by Crippen LogP contribution is -2.44. The number of carbonyl (C=O) groups is 2. The van der Waals surface area contributed by atoms with Gasteiger partial charge in [-0.2, -0.15) is 0 Å². The van der Waals surface area contributed by atoms with E-state index in [1.54, 1.807) is 29.2 Å². The van der Waals surface area contributed by atoms with Crippen LogP contribution in [0.25, 0.3) is 0 Å². The number of pyridine rings is 1. The molecule has 1 saturated heterocycles. The summed E-state index contributed by atoms with van der Waals surface area (Å²) in [6, 6.07) is 9.54. The number of carbonyl (C=O) groups excluding carboxylic acids is 2. The smallest absolute Gasteiger partial charge is 0.230 e. The Labute approximate surface area is 168 Å². The van der Waals surface area contributed by atoms with Crippen LogP contribution in [-0.4, -0.2) is 34.8 Å². The van der Waals surface area contributed by atoms with Crippen molar-refractivity contribution in [3.05, 3.63) is 59.0 Å². The summed E-state index contributed by atoms with van der Waals surface area (Å²) in [5.41, 5.74) is 0.926. The number of piperidine rings is 1. The van der Waals surface area contributed by atoms with Crippen LogP contribution >= 0.6 is 11.6 Å². The molecule has 2 unspecified atom stereocenters. The number of likely N-dealkylation sites (tertiary alicyclic amines) is 1. The van der Waals surface area contributed by atoms with Crippen LogP contribution in [0.5, 0.6) is 0 Å². The highest BCUT2D eigenvalue weighted by Crippen LogP contribution is 2.24. The topological polar surface area (TPSA) is 62.3 Å². The van der Waals surface area contributed by atoms with Gasteiger partial charge < -0.3 is 10.2 Å². The maximum atomic E-state index is 13.1. The minimum Gasteiger partial charge on any atom is -0.342 e. The van der Waals surface area contributed by atoms with Gasteiger partial charge in [-0.15, -0.1) is 0 Å². The first kappa shape index (κ1) is 20.3. The van der Waals surface area contributed by atoms with E-state index < -0.39 is 0 Å². The van der Waals surface area contributed by atoms with Crippen LogP contribution in [0.4, 0.5) is 10.2 Å². The quantitative estimate of drug-likeness (QED) is 0.811. The number of aromatic nitrogens is 1. The van der Waals surface area contributed by atoms with E-state index in [0.29, 0.717) is 30.4 Å². The number of halogens is 2. The number of nitrogens with one attached hydrogen (secondary N) is 1. The van der Waals surface area contributed by atoms with Crippen LogP contribution < -0.4 is 5.32 Å². The highest BCUT2D eigenvalue weighted by atomic mass is 35.5. The Morgan fingerprint density at radius 1 is 1.29 bits per heavy atom. The van der Waals surface area contributed by atoms with E-state index in [-0.39, 0.29) is 29.5 Å². The van der Waals surface area contributed by atoms with Gasteiger partial charge in [0.25, 0.3) is 0 Å². The molecule has 0 bridgehead atoms. The van der Waals surface area contributed by atoms with E-state index in [2.05, 4.69) is 10.3 Å². The van der Waals surface area contributed by atoms with Gasteiger partial charge in [-0.05, 0) is 48.6 Å². The second-order valence-electron chi connectivity index (χ2n) is 7.19. The summed E-state index contributed by atoms with van der Waals surface area (Å²) in [5, 5.41) is 3.29. The molecule has 2 amide bonds. The molecule has 0 spiro atoms. The zero-order valence-corrected chi connectivity index (χ0v) is 16.5. The summed E-state index contributed by atoms with van der Waals surface area (Å²) < 4.78 is 13.1. The van der Waals surface area contributed by atoms with Crippen LogP contribution in [0.3, 0.4) is 0 Å². The number of hydrogen-bond acceptors (Lipinski definition) is 3. The lowest BCUT2D eigenvalue weighted by molar-refractivity contribution is -0.134. The molecule has 2 atom stereocenters. The Bertz CT molecular complexity index is 827. The van der Waals surface area contributed by atoms with Crippen LogP contribution in [0.15, 0.2) is 42.6 Å². The molecule has 1 fully saturated rings. The number of benzene rings is 1. The monoisotopic (exact) mass is 403 g/mol. The third kappa shape index (κ3) is 5.29. The molecule has 2 aromatic rings. The molecule has 0 radical (unpaired) electrons. The molecule has 5 nitrogen and oxygen atoms in total. The molecule has 3 rings (SSSR count). The molecule has 0 aliphatic carbocycles. The number of rotatable bonds is 5. The maximum Gasteiger partial charge on any atom is 0.230 e. The lowest BCUT2D eigenvalue weighted by Gasteiger charge is -2.32. The second-order valence-corrected chi connectivity index (χ2v) is 7.62. The Hall–Kier alpha value is -2.47. The molecule has 0 saturated carbocycles. The molecule has 1 aliphatic rings. The average Bonchev–Trinajstić information content (AvgIpc) is 2.70. The minimum atomic E-state index is -0.290. The first-order chi connectivity index (χ1) is 13.4. The molecule has 1 aromatic carbocycles. The van der Waals surface area contributed by atoms with Gasteiger partial charge in [0.15, 0.2) is 0 Å². The van der Waals surface area contributed by atoms with E-state index >= 15 is 0 Å². The van der Waals surface area contributed by atoms with Gasteiger partial charge in [-0.25, -0.2) is 9.37 Å². The van der Waals surface area contributed by atoms with E-state index in [1.165, 1.54) is 18.3 Å². The molecule has 1 aromatic heterocycles. The third-order valence-electron chi connectivity index (χ3n) is 5.04. The van der Waals surface area contributed by atoms with Gasteiger partial charge >= 0.3 is 0 Å². The summed E-state index contributed by atoms with van der Waals surface area (Å²) in [5.74, 6) is -0.250. The zero-order valence-electron chi connectivity index (χ0n) is 15.7.